The van der Waals surface area contributed by atoms with Crippen LogP contribution in [0.5, 0.6) is 11.5 Å². The number of carbonyl (C=O) groups is 1. The van der Waals surface area contributed by atoms with Crippen molar-refractivity contribution in [2.75, 3.05) is 14.2 Å². The van der Waals surface area contributed by atoms with Crippen LogP contribution < -0.4 is 9.47 Å². The monoisotopic (exact) mass is 374 g/mol. The summed E-state index contributed by atoms with van der Waals surface area (Å²) in [6.07, 6.45) is 2.92. The molecule has 0 fully saturated rings. The molecule has 2 aromatic carbocycles. The number of furan rings is 2. The summed E-state index contributed by atoms with van der Waals surface area (Å²) in [7, 11) is 3.23. The summed E-state index contributed by atoms with van der Waals surface area (Å²) in [5, 5.41) is 0. The summed E-state index contributed by atoms with van der Waals surface area (Å²) in [4.78, 5) is 12.8. The molecule has 140 valence electrons. The van der Waals surface area contributed by atoms with E-state index in [2.05, 4.69) is 0 Å². The van der Waals surface area contributed by atoms with Crippen molar-refractivity contribution in [3.8, 4) is 34.1 Å². The number of rotatable bonds is 6. The van der Waals surface area contributed by atoms with E-state index >= 15 is 0 Å². The zero-order valence-corrected chi connectivity index (χ0v) is 15.5. The minimum absolute atomic E-state index is 0.160. The van der Waals surface area contributed by atoms with Crippen LogP contribution in [0.25, 0.3) is 22.6 Å². The summed E-state index contributed by atoms with van der Waals surface area (Å²) >= 11 is 0. The molecule has 5 nitrogen and oxygen atoms in total. The van der Waals surface area contributed by atoms with Crippen LogP contribution in [0.1, 0.15) is 15.9 Å². The first-order chi connectivity index (χ1) is 13.7. The zero-order chi connectivity index (χ0) is 19.5. The maximum absolute atomic E-state index is 12.8. The van der Waals surface area contributed by atoms with E-state index in [0.29, 0.717) is 22.6 Å². The summed E-state index contributed by atoms with van der Waals surface area (Å²) in [6.45, 7) is 0. The summed E-state index contributed by atoms with van der Waals surface area (Å²) in [5.41, 5.74) is 2.66. The van der Waals surface area contributed by atoms with Crippen molar-refractivity contribution < 1.29 is 23.1 Å². The number of benzene rings is 2. The fourth-order valence-corrected chi connectivity index (χ4v) is 2.89. The maximum atomic E-state index is 12.8. The fourth-order valence-electron chi connectivity index (χ4n) is 2.89. The Morgan fingerprint density at radius 2 is 1.07 bits per heavy atom. The van der Waals surface area contributed by atoms with Crippen LogP contribution in [0, 0.1) is 0 Å². The molecule has 0 saturated heterocycles. The first-order valence-electron chi connectivity index (χ1n) is 8.68. The largest absolute Gasteiger partial charge is 0.497 e. The van der Waals surface area contributed by atoms with Gasteiger partial charge in [-0.25, -0.2) is 0 Å². The van der Waals surface area contributed by atoms with E-state index in [-0.39, 0.29) is 5.78 Å². The highest BCUT2D eigenvalue weighted by Gasteiger charge is 2.17. The average Bonchev–Trinajstić information content (AvgIpc) is 3.44. The van der Waals surface area contributed by atoms with Crippen molar-refractivity contribution in [2.45, 2.75) is 0 Å². The molecule has 0 spiro atoms. The Kier molecular flexibility index (Phi) is 4.72. The minimum atomic E-state index is -0.160. The molecule has 5 heteroatoms. The molecule has 0 bridgehead atoms. The molecule has 0 N–H and O–H groups in total. The van der Waals surface area contributed by atoms with Gasteiger partial charge in [-0.3, -0.25) is 4.79 Å². The third-order valence-corrected chi connectivity index (χ3v) is 4.47. The van der Waals surface area contributed by atoms with E-state index in [0.717, 1.165) is 22.6 Å². The Bertz CT molecular complexity index is 997. The van der Waals surface area contributed by atoms with Crippen molar-refractivity contribution in [2.24, 2.45) is 0 Å². The number of ketones is 1. The van der Waals surface area contributed by atoms with Crippen LogP contribution >= 0.6 is 0 Å². The minimum Gasteiger partial charge on any atom is -0.497 e. The Hall–Kier alpha value is -3.73. The molecule has 0 amide bonds. The van der Waals surface area contributed by atoms with Crippen LogP contribution in [0.15, 0.2) is 82.0 Å². The number of hydrogen-bond donors (Lipinski definition) is 0. The van der Waals surface area contributed by atoms with Gasteiger partial charge in [-0.15, -0.1) is 0 Å². The molecule has 0 aliphatic heterocycles. The van der Waals surface area contributed by atoms with E-state index in [9.17, 15) is 4.79 Å². The second kappa shape index (κ2) is 7.48. The van der Waals surface area contributed by atoms with Crippen molar-refractivity contribution in [1.29, 1.82) is 0 Å². The van der Waals surface area contributed by atoms with Gasteiger partial charge in [0.15, 0.2) is 5.78 Å². The quantitative estimate of drug-likeness (QED) is 0.420. The molecular formula is C23H18O5. The molecule has 0 atom stereocenters. The predicted molar refractivity (Wildman–Crippen MR) is 105 cm³/mol. The van der Waals surface area contributed by atoms with Crippen LogP contribution in [-0.2, 0) is 0 Å². The van der Waals surface area contributed by atoms with Crippen molar-refractivity contribution in [3.63, 3.8) is 0 Å². The lowest BCUT2D eigenvalue weighted by atomic mass is 10.1. The van der Waals surface area contributed by atoms with Crippen molar-refractivity contribution in [3.05, 3.63) is 84.3 Å². The fraction of sp³-hybridized carbons (Fsp3) is 0.0870. The van der Waals surface area contributed by atoms with E-state index in [1.165, 1.54) is 12.5 Å². The highest BCUT2D eigenvalue weighted by Crippen LogP contribution is 2.28. The van der Waals surface area contributed by atoms with Gasteiger partial charge in [0.05, 0.1) is 25.3 Å². The van der Waals surface area contributed by atoms with Gasteiger partial charge in [0, 0.05) is 11.1 Å². The lowest BCUT2D eigenvalue weighted by Crippen LogP contribution is -1.96. The molecule has 4 aromatic rings. The van der Waals surface area contributed by atoms with Crippen LogP contribution in [-0.4, -0.2) is 20.0 Å². The van der Waals surface area contributed by atoms with Gasteiger partial charge in [-0.05, 0) is 60.7 Å². The maximum Gasteiger partial charge on any atom is 0.199 e. The van der Waals surface area contributed by atoms with Crippen LogP contribution in [0.3, 0.4) is 0 Å². The third-order valence-electron chi connectivity index (χ3n) is 4.47. The molecule has 2 heterocycles. The Morgan fingerprint density at radius 3 is 1.43 bits per heavy atom. The first-order valence-corrected chi connectivity index (χ1v) is 8.68. The van der Waals surface area contributed by atoms with E-state index < -0.39 is 0 Å². The van der Waals surface area contributed by atoms with Gasteiger partial charge in [0.1, 0.15) is 35.5 Å². The molecule has 0 aliphatic rings. The highest BCUT2D eigenvalue weighted by molar-refractivity contribution is 6.09. The standard InChI is InChI=1S/C23H18O5/c1-25-19-7-3-15(4-8-19)21-11-17(13-27-21)23(24)18-12-22(28-14-18)16-5-9-20(26-2)10-6-16/h3-14H,1-2H3. The van der Waals surface area contributed by atoms with Crippen LogP contribution in [0.4, 0.5) is 0 Å². The predicted octanol–water partition coefficient (Wildman–Crippen LogP) is 5.45. The number of hydrogen-bond acceptors (Lipinski definition) is 5. The van der Waals surface area contributed by atoms with Crippen LogP contribution in [0.2, 0.25) is 0 Å². The summed E-state index contributed by atoms with van der Waals surface area (Å²) in [6, 6.07) is 18.4. The van der Waals surface area contributed by atoms with Gasteiger partial charge in [0.25, 0.3) is 0 Å². The molecule has 2 aromatic heterocycles. The van der Waals surface area contributed by atoms with Gasteiger partial charge in [0.2, 0.25) is 0 Å². The normalized spacial score (nSPS) is 10.6. The summed E-state index contributed by atoms with van der Waals surface area (Å²) < 4.78 is 21.5. The van der Waals surface area contributed by atoms with Gasteiger partial charge < -0.3 is 18.3 Å². The Morgan fingerprint density at radius 1 is 0.679 bits per heavy atom. The molecule has 0 unspecified atom stereocenters. The number of ether oxygens (including phenoxy) is 2. The second-order valence-electron chi connectivity index (χ2n) is 6.19. The Balaban J connectivity index is 1.55. The zero-order valence-electron chi connectivity index (χ0n) is 15.5. The lowest BCUT2D eigenvalue weighted by Gasteiger charge is -2.00. The van der Waals surface area contributed by atoms with E-state index in [4.69, 9.17) is 18.3 Å². The molecule has 0 aliphatic carbocycles. The van der Waals surface area contributed by atoms with E-state index in [1.54, 1.807) is 26.4 Å². The smallest absolute Gasteiger partial charge is 0.199 e. The number of methoxy groups -OCH3 is 2. The van der Waals surface area contributed by atoms with E-state index in [1.807, 2.05) is 48.5 Å². The molecule has 4 rings (SSSR count). The van der Waals surface area contributed by atoms with Gasteiger partial charge >= 0.3 is 0 Å². The highest BCUT2D eigenvalue weighted by atomic mass is 16.5. The molecule has 0 radical (unpaired) electrons. The SMILES string of the molecule is COc1ccc(-c2cc(C(=O)c3coc(-c4ccc(OC)cc4)c3)co2)cc1. The van der Waals surface area contributed by atoms with Gasteiger partial charge in [-0.1, -0.05) is 0 Å². The van der Waals surface area contributed by atoms with Gasteiger partial charge in [-0.2, -0.15) is 0 Å². The molecule has 28 heavy (non-hydrogen) atoms. The summed E-state index contributed by atoms with van der Waals surface area (Å²) in [5.74, 6) is 2.59. The first kappa shape index (κ1) is 17.7. The number of carbonyl (C=O) groups excluding carboxylic acids is 1. The third kappa shape index (κ3) is 3.42. The van der Waals surface area contributed by atoms with Crippen molar-refractivity contribution >= 4 is 5.78 Å². The molecular weight excluding hydrogens is 356 g/mol. The van der Waals surface area contributed by atoms with Crippen molar-refractivity contribution in [1.82, 2.24) is 0 Å². The Labute approximate surface area is 162 Å². The molecule has 0 saturated carbocycles. The second-order valence-corrected chi connectivity index (χ2v) is 6.19. The average molecular weight is 374 g/mol. The lowest BCUT2D eigenvalue weighted by molar-refractivity contribution is 0.103. The topological polar surface area (TPSA) is 61.8 Å².